The molecule has 2 aromatic rings. The number of phenolic OH excluding ortho intramolecular Hbond substituents is 1. The molecule has 0 saturated carbocycles. The Bertz CT molecular complexity index is 3190. The third kappa shape index (κ3) is 29.8. The van der Waals surface area contributed by atoms with Crippen molar-refractivity contribution in [2.45, 2.75) is 172 Å². The molecule has 550 valence electrons. The van der Waals surface area contributed by atoms with Gasteiger partial charge < -0.3 is 16.6 Å². The van der Waals surface area contributed by atoms with E-state index < -0.39 is 181 Å². The summed E-state index contributed by atoms with van der Waals surface area (Å²) in [5.41, 5.74) is 28.0. The molecule has 1 saturated heterocycles. The molecule has 4 radical (unpaired) electrons. The Kier molecular flexibility index (Phi) is 38.3. The number of aromatic amines is 1. The number of carbonyl (C=O) groups excluding carboxylic acids is 15. The molecule has 1 aliphatic heterocycles. The van der Waals surface area contributed by atoms with Crippen molar-refractivity contribution >= 4 is 159 Å². The van der Waals surface area contributed by atoms with Crippen LogP contribution in [0.3, 0.4) is 0 Å². The van der Waals surface area contributed by atoms with Gasteiger partial charge in [0.15, 0.2) is 0 Å². The molecule has 1 aliphatic rings. The normalized spacial score (nSPS) is 15.8. The number of nitrogens with two attached hydrogens (primary N) is 5. The van der Waals surface area contributed by atoms with E-state index in [1.807, 2.05) is 0 Å². The van der Waals surface area contributed by atoms with Crippen molar-refractivity contribution in [2.24, 2.45) is 33.7 Å². The van der Waals surface area contributed by atoms with Crippen LogP contribution in [0.2, 0.25) is 21.3 Å². The first kappa shape index (κ1) is 85.8. The number of amides is 15. The van der Waals surface area contributed by atoms with Crippen LogP contribution in [0.25, 0.3) is 0 Å². The summed E-state index contributed by atoms with van der Waals surface area (Å²) in [5, 5.41) is 49.1. The standard InChI is InChI=1S/C58H87N21O17Se4/c1-28(68-56(95)43-9-6-16-79(43)57(96)37(18-31-20-64-27-67-31)73-54(93)41(25-99)78-55(94)42(26-100)77-49(88)33(69-29(2)81)8-5-15-65-58(62)63)47(86)76-40(24-98)48(87)66-21-45(84)70-34(7-3-4-14-59)50(89)72-36(19-44(60)83)52(91)71-35(17-30-10-12-32(82)13-11-30)51(90)74-38(22-80)53(92)75-39(23-97)46(61)85/h10-13,20,27-28,33-43,80,82H,3-9,14-19,21-26,59H2,1-2H3,(H2,60,83)(H2,61,85)(H,64,67)(H,66,87)(H,68,95)(H,69,81)(H,70,84)(H,71,91)(H,72,89)(H,73,93)(H,74,90)(H,75,92)(H,76,86)(H,77,88)(H,78,94)(H4,62,63,65)/t28-,33-,34-,35-,36-,37-,38-,39-,40-,41-,42-,43-/m0/s1. The predicted octanol–water partition coefficient (Wildman–Crippen LogP) is -10.7. The van der Waals surface area contributed by atoms with Gasteiger partial charge in [-0.3, -0.25) is 4.79 Å². The number of phenols is 1. The fraction of sp³-hybridized carbons (Fsp3) is 0.569. The van der Waals surface area contributed by atoms with E-state index in [9.17, 15) is 82.1 Å². The first-order chi connectivity index (χ1) is 47.4. The number of unbranched alkanes of at least 4 members (excludes halogenated alkanes) is 1. The van der Waals surface area contributed by atoms with Crippen LogP contribution < -0.4 is 92.5 Å². The summed E-state index contributed by atoms with van der Waals surface area (Å²) in [6, 6.07) is -11.2. The van der Waals surface area contributed by atoms with Crippen molar-refractivity contribution in [2.75, 3.05) is 32.8 Å². The number of aromatic hydroxyl groups is 1. The van der Waals surface area contributed by atoms with Crippen LogP contribution in [0.1, 0.15) is 76.5 Å². The molecule has 0 aliphatic carbocycles. The fourth-order valence-corrected chi connectivity index (χ4v) is 11.6. The molecule has 1 fully saturated rings. The molecular weight excluding hydrogens is 1580 g/mol. The number of hydrogen-bond acceptors (Lipinski definition) is 20. The third-order valence-corrected chi connectivity index (χ3v) is 17.7. The van der Waals surface area contributed by atoms with Crippen LogP contribution in [-0.2, 0) is 84.8 Å². The number of aliphatic hydroxyl groups excluding tert-OH is 1. The Balaban J connectivity index is 1.70. The molecule has 38 nitrogen and oxygen atoms in total. The monoisotopic (exact) mass is 1670 g/mol. The summed E-state index contributed by atoms with van der Waals surface area (Å²) < 4.78 is 0. The number of rotatable bonds is 44. The quantitative estimate of drug-likeness (QED) is 0.0127. The summed E-state index contributed by atoms with van der Waals surface area (Å²) >= 11 is 10.5. The average Bonchev–Trinajstić information content (AvgIpc) is 1.61. The number of nitrogens with one attached hydrogen (secondary N) is 13. The number of aliphatic imine (C=N–C) groups is 1. The van der Waals surface area contributed by atoms with Gasteiger partial charge in [0, 0.05) is 0 Å². The molecule has 1 aromatic heterocycles. The van der Waals surface area contributed by atoms with Crippen molar-refractivity contribution in [1.82, 2.24) is 78.7 Å². The number of primary amides is 2. The Labute approximate surface area is 607 Å². The van der Waals surface area contributed by atoms with E-state index in [4.69, 9.17) is 28.7 Å². The number of aliphatic hydroxyl groups is 1. The first-order valence-electron chi connectivity index (χ1n) is 31.3. The summed E-state index contributed by atoms with van der Waals surface area (Å²) in [5.74, 6) is -13.6. The number of aromatic nitrogens is 2. The van der Waals surface area contributed by atoms with Crippen molar-refractivity contribution in [1.29, 1.82) is 0 Å². The van der Waals surface area contributed by atoms with Crippen LogP contribution in [-0.4, -0.2) is 289 Å². The second-order valence-electron chi connectivity index (χ2n) is 22.8. The van der Waals surface area contributed by atoms with Crippen molar-refractivity contribution in [3.8, 4) is 5.75 Å². The Morgan fingerprint density at radius 1 is 0.600 bits per heavy atom. The fourth-order valence-electron chi connectivity index (χ4n) is 9.64. The average molecular weight is 1670 g/mol. The van der Waals surface area contributed by atoms with E-state index in [1.54, 1.807) is 0 Å². The molecular formula is C58H87N21O17Se4. The molecule has 25 N–H and O–H groups in total. The van der Waals surface area contributed by atoms with E-state index in [-0.39, 0.29) is 91.1 Å². The Morgan fingerprint density at radius 2 is 1.10 bits per heavy atom. The number of guanidine groups is 1. The van der Waals surface area contributed by atoms with E-state index >= 15 is 0 Å². The van der Waals surface area contributed by atoms with Crippen molar-refractivity contribution in [3.05, 3.63) is 48.0 Å². The van der Waals surface area contributed by atoms with E-state index in [0.717, 1.165) is 0 Å². The number of imidazole rings is 1. The zero-order valence-corrected chi connectivity index (χ0v) is 61.6. The van der Waals surface area contributed by atoms with E-state index in [1.165, 1.54) is 55.5 Å². The zero-order valence-electron chi connectivity index (χ0n) is 54.7. The van der Waals surface area contributed by atoms with Crippen molar-refractivity contribution < 1.29 is 82.1 Å². The Hall–Kier alpha value is -8.45. The van der Waals surface area contributed by atoms with Crippen molar-refractivity contribution in [3.63, 3.8) is 0 Å². The number of nitrogens with zero attached hydrogens (tertiary/aromatic N) is 3. The van der Waals surface area contributed by atoms with Gasteiger partial charge in [-0.15, -0.1) is 0 Å². The molecule has 0 spiro atoms. The Morgan fingerprint density at radius 3 is 1.64 bits per heavy atom. The van der Waals surface area contributed by atoms with Crippen LogP contribution in [0.5, 0.6) is 5.75 Å². The van der Waals surface area contributed by atoms with Gasteiger partial charge in [-0.2, -0.15) is 0 Å². The maximum absolute atomic E-state index is 14.5. The summed E-state index contributed by atoms with van der Waals surface area (Å²) in [7, 11) is 0. The number of H-pyrrole nitrogens is 1. The molecule has 2 heterocycles. The second-order valence-corrected chi connectivity index (χ2v) is 25.6. The van der Waals surface area contributed by atoms with Gasteiger partial charge in [-0.1, -0.05) is 0 Å². The van der Waals surface area contributed by atoms with Gasteiger partial charge in [0.2, 0.25) is 5.91 Å². The molecule has 3 rings (SSSR count). The van der Waals surface area contributed by atoms with Crippen LogP contribution in [0.4, 0.5) is 0 Å². The van der Waals surface area contributed by atoms with Gasteiger partial charge in [0.1, 0.15) is 5.75 Å². The number of carbonyl (C=O) groups is 15. The summed E-state index contributed by atoms with van der Waals surface area (Å²) in [4.78, 5) is 213. The first-order valence-corrected chi connectivity index (χ1v) is 36.1. The molecule has 0 unspecified atom stereocenters. The topological polar surface area (TPSA) is 615 Å². The maximum atomic E-state index is 14.5. The van der Waals surface area contributed by atoms with Crippen LogP contribution >= 0.6 is 0 Å². The SMILES string of the molecule is CC(=O)N[C@@H](CCCN=C(N)N)C(=O)N[C@@H](C[Se])C(=O)N[C@@H](C[Se])C(=O)N[C@@H](Cc1cnc[nH]1)C(=O)N1CCC[C@H]1C(=O)N[C@@H](C)C(=O)N[C@@H](C[Se])C(=O)NCC(=O)N[C@@H](CCCCN)C(=O)N[C@@H](CC(N)=O)C(=O)N[C@@H](Cc1ccc(O)cc1)C(=O)N[C@@H](CO)C(=O)N[C@@H](C[Se])C(N)=O. The number of hydrogen-bond donors (Lipinski definition) is 20. The van der Waals surface area contributed by atoms with Gasteiger partial charge in [0.05, 0.1) is 0 Å². The van der Waals surface area contributed by atoms with Gasteiger partial charge >= 0.3 is 578 Å². The van der Waals surface area contributed by atoms with E-state index in [2.05, 4.69) is 143 Å². The minimum atomic E-state index is -1.81. The molecule has 15 amide bonds. The molecule has 100 heavy (non-hydrogen) atoms. The molecule has 42 heteroatoms. The number of likely N-dealkylation sites (tertiary alicyclic amines) is 1. The second kappa shape index (κ2) is 44.6. The third-order valence-electron chi connectivity index (χ3n) is 14.9. The van der Waals surface area contributed by atoms with Gasteiger partial charge in [-0.25, -0.2) is 0 Å². The van der Waals surface area contributed by atoms with Crippen LogP contribution in [0.15, 0.2) is 41.8 Å². The summed E-state index contributed by atoms with van der Waals surface area (Å²) in [6.45, 7) is 1.15. The predicted molar refractivity (Wildman–Crippen MR) is 360 cm³/mol. The van der Waals surface area contributed by atoms with Crippen LogP contribution in [0, 0.1) is 0 Å². The molecule has 1 aromatic carbocycles. The zero-order chi connectivity index (χ0) is 74.8. The minimum absolute atomic E-state index is 0.0522. The summed E-state index contributed by atoms with van der Waals surface area (Å²) in [6.07, 6.45) is 2.81. The molecule has 12 atom stereocenters. The van der Waals surface area contributed by atoms with E-state index in [0.29, 0.717) is 30.5 Å². The molecule has 0 bridgehead atoms. The van der Waals surface area contributed by atoms with Gasteiger partial charge in [-0.05, 0) is 0 Å². The van der Waals surface area contributed by atoms with Gasteiger partial charge in [0.25, 0.3) is 0 Å². The number of benzene rings is 1.